The molecule has 11 heavy (non-hydrogen) atoms. The van der Waals surface area contributed by atoms with Crippen molar-refractivity contribution in [1.29, 1.82) is 0 Å². The van der Waals surface area contributed by atoms with Crippen LogP contribution in [0.1, 0.15) is 27.2 Å². The first-order valence-corrected chi connectivity index (χ1v) is 4.40. The molecule has 1 fully saturated rings. The van der Waals surface area contributed by atoms with Gasteiger partial charge in [0.25, 0.3) is 0 Å². The molecule has 66 valence electrons. The minimum Gasteiger partial charge on any atom is -0.380 e. The van der Waals surface area contributed by atoms with E-state index in [4.69, 9.17) is 10.5 Å². The van der Waals surface area contributed by atoms with Crippen LogP contribution in [-0.2, 0) is 4.74 Å². The van der Waals surface area contributed by atoms with Gasteiger partial charge in [-0.25, -0.2) is 0 Å². The molecule has 0 aliphatic carbocycles. The Balaban J connectivity index is 2.47. The summed E-state index contributed by atoms with van der Waals surface area (Å²) < 4.78 is 5.24. The Morgan fingerprint density at radius 1 is 1.36 bits per heavy atom. The lowest BCUT2D eigenvalue weighted by Crippen LogP contribution is -2.49. The van der Waals surface area contributed by atoms with Crippen molar-refractivity contribution in [2.45, 2.75) is 33.2 Å². The first-order chi connectivity index (χ1) is 5.07. The molecule has 0 aromatic heterocycles. The molecule has 0 amide bonds. The van der Waals surface area contributed by atoms with Gasteiger partial charge in [-0.1, -0.05) is 13.8 Å². The summed E-state index contributed by atoms with van der Waals surface area (Å²) in [4.78, 5) is 0. The molecule has 2 nitrogen and oxygen atoms in total. The molecular weight excluding hydrogens is 138 g/mol. The van der Waals surface area contributed by atoms with Crippen LogP contribution >= 0.6 is 0 Å². The molecule has 2 N–H and O–H groups in total. The van der Waals surface area contributed by atoms with Gasteiger partial charge in [-0.05, 0) is 19.3 Å². The van der Waals surface area contributed by atoms with Crippen molar-refractivity contribution in [1.82, 2.24) is 0 Å². The molecule has 0 saturated carbocycles. The van der Waals surface area contributed by atoms with Gasteiger partial charge in [-0.3, -0.25) is 0 Å². The van der Waals surface area contributed by atoms with Crippen molar-refractivity contribution in [3.63, 3.8) is 0 Å². The highest BCUT2D eigenvalue weighted by Gasteiger charge is 2.41. The molecule has 1 unspecified atom stereocenters. The zero-order chi connectivity index (χ0) is 8.48. The summed E-state index contributed by atoms with van der Waals surface area (Å²) in [6.45, 7) is 8.40. The van der Waals surface area contributed by atoms with E-state index in [-0.39, 0.29) is 0 Å². The number of hydrogen-bond donors (Lipinski definition) is 1. The van der Waals surface area contributed by atoms with E-state index in [0.29, 0.717) is 17.4 Å². The van der Waals surface area contributed by atoms with Gasteiger partial charge in [0.05, 0.1) is 13.2 Å². The lowest BCUT2D eigenvalue weighted by atomic mass is 9.71. The largest absolute Gasteiger partial charge is 0.380 e. The molecule has 1 heterocycles. The Labute approximate surface area is 69.1 Å². The average Bonchev–Trinajstić information content (AvgIpc) is 1.77. The maximum absolute atomic E-state index is 5.77. The normalized spacial score (nSPS) is 24.8. The minimum atomic E-state index is 0.307. The lowest BCUT2D eigenvalue weighted by molar-refractivity contribution is -0.145. The second kappa shape index (κ2) is 3.11. The Bertz CT molecular complexity index is 128. The zero-order valence-electron chi connectivity index (χ0n) is 7.76. The van der Waals surface area contributed by atoms with Gasteiger partial charge in [-0.2, -0.15) is 0 Å². The summed E-state index contributed by atoms with van der Waals surface area (Å²) in [5, 5.41) is 0. The van der Waals surface area contributed by atoms with E-state index >= 15 is 0 Å². The third kappa shape index (κ3) is 1.74. The van der Waals surface area contributed by atoms with Crippen molar-refractivity contribution in [2.24, 2.45) is 17.1 Å². The molecule has 0 aromatic carbocycles. The molecular formula is C9H19NO. The SMILES string of the molecule is CC(N)CC1(C(C)C)COC1. The molecule has 1 atom stereocenters. The molecule has 1 aliphatic heterocycles. The smallest absolute Gasteiger partial charge is 0.0547 e. The summed E-state index contributed by atoms with van der Waals surface area (Å²) in [6, 6.07) is 0.307. The van der Waals surface area contributed by atoms with Crippen molar-refractivity contribution in [3.8, 4) is 0 Å². The Morgan fingerprint density at radius 2 is 1.91 bits per heavy atom. The summed E-state index contributed by atoms with van der Waals surface area (Å²) in [6.07, 6.45) is 1.10. The molecule has 1 aliphatic rings. The monoisotopic (exact) mass is 157 g/mol. The van der Waals surface area contributed by atoms with Crippen LogP contribution in [-0.4, -0.2) is 19.3 Å². The van der Waals surface area contributed by atoms with Crippen LogP contribution in [0.4, 0.5) is 0 Å². The number of ether oxygens (including phenoxy) is 1. The third-order valence-corrected chi connectivity index (χ3v) is 2.73. The van der Waals surface area contributed by atoms with Crippen LogP contribution in [0, 0.1) is 11.3 Å². The molecule has 0 spiro atoms. The zero-order valence-corrected chi connectivity index (χ0v) is 7.76. The first kappa shape index (κ1) is 9.01. The Kier molecular flexibility index (Phi) is 2.55. The maximum atomic E-state index is 5.77. The predicted molar refractivity (Wildman–Crippen MR) is 46.4 cm³/mol. The second-order valence-electron chi connectivity index (χ2n) is 4.19. The fourth-order valence-electron chi connectivity index (χ4n) is 1.69. The van der Waals surface area contributed by atoms with Gasteiger partial charge in [0, 0.05) is 11.5 Å². The van der Waals surface area contributed by atoms with Gasteiger partial charge in [0.15, 0.2) is 0 Å². The molecule has 1 rings (SSSR count). The van der Waals surface area contributed by atoms with Crippen LogP contribution in [0.25, 0.3) is 0 Å². The van der Waals surface area contributed by atoms with Crippen LogP contribution in [0.3, 0.4) is 0 Å². The summed E-state index contributed by atoms with van der Waals surface area (Å²) in [7, 11) is 0. The molecule has 2 heteroatoms. The fourth-order valence-corrected chi connectivity index (χ4v) is 1.69. The Hall–Kier alpha value is -0.0800. The topological polar surface area (TPSA) is 35.2 Å². The molecule has 0 bridgehead atoms. The van der Waals surface area contributed by atoms with Gasteiger partial charge in [-0.15, -0.1) is 0 Å². The summed E-state index contributed by atoms with van der Waals surface area (Å²) >= 11 is 0. The van der Waals surface area contributed by atoms with Crippen molar-refractivity contribution < 1.29 is 4.74 Å². The van der Waals surface area contributed by atoms with Crippen molar-refractivity contribution in [3.05, 3.63) is 0 Å². The van der Waals surface area contributed by atoms with Crippen molar-refractivity contribution >= 4 is 0 Å². The highest BCUT2D eigenvalue weighted by atomic mass is 16.5. The quantitative estimate of drug-likeness (QED) is 0.672. The standard InChI is InChI=1S/C9H19NO/c1-7(2)9(4-8(3)10)5-11-6-9/h7-8H,4-6,10H2,1-3H3. The third-order valence-electron chi connectivity index (χ3n) is 2.73. The molecule has 1 saturated heterocycles. The van der Waals surface area contributed by atoms with Crippen molar-refractivity contribution in [2.75, 3.05) is 13.2 Å². The average molecular weight is 157 g/mol. The fraction of sp³-hybridized carbons (Fsp3) is 1.00. The van der Waals surface area contributed by atoms with Gasteiger partial charge < -0.3 is 10.5 Å². The van der Waals surface area contributed by atoms with E-state index in [0.717, 1.165) is 19.6 Å². The van der Waals surface area contributed by atoms with Gasteiger partial charge >= 0.3 is 0 Å². The number of nitrogens with two attached hydrogens (primary N) is 1. The van der Waals surface area contributed by atoms with E-state index in [1.165, 1.54) is 0 Å². The van der Waals surface area contributed by atoms with Crippen LogP contribution in [0.5, 0.6) is 0 Å². The van der Waals surface area contributed by atoms with Crippen LogP contribution in [0.2, 0.25) is 0 Å². The number of hydrogen-bond acceptors (Lipinski definition) is 2. The molecule has 0 aromatic rings. The van der Waals surface area contributed by atoms with E-state index in [1.54, 1.807) is 0 Å². The number of rotatable bonds is 3. The van der Waals surface area contributed by atoms with E-state index in [9.17, 15) is 0 Å². The highest BCUT2D eigenvalue weighted by molar-refractivity contribution is 4.90. The summed E-state index contributed by atoms with van der Waals surface area (Å²) in [5.74, 6) is 0.697. The minimum absolute atomic E-state index is 0.307. The van der Waals surface area contributed by atoms with Crippen LogP contribution < -0.4 is 5.73 Å². The highest BCUT2D eigenvalue weighted by Crippen LogP contribution is 2.39. The molecule has 0 radical (unpaired) electrons. The summed E-state index contributed by atoms with van der Waals surface area (Å²) in [5.41, 5.74) is 6.17. The van der Waals surface area contributed by atoms with Gasteiger partial charge in [0.1, 0.15) is 0 Å². The second-order valence-corrected chi connectivity index (χ2v) is 4.19. The predicted octanol–water partition coefficient (Wildman–Crippen LogP) is 1.40. The van der Waals surface area contributed by atoms with E-state index in [1.807, 2.05) is 0 Å². The van der Waals surface area contributed by atoms with E-state index < -0.39 is 0 Å². The lowest BCUT2D eigenvalue weighted by Gasteiger charge is -2.46. The van der Waals surface area contributed by atoms with E-state index in [2.05, 4.69) is 20.8 Å². The maximum Gasteiger partial charge on any atom is 0.0547 e. The Morgan fingerprint density at radius 3 is 2.00 bits per heavy atom. The first-order valence-electron chi connectivity index (χ1n) is 4.40. The van der Waals surface area contributed by atoms with Crippen LogP contribution in [0.15, 0.2) is 0 Å². The van der Waals surface area contributed by atoms with Gasteiger partial charge in [0.2, 0.25) is 0 Å².